The molecule has 0 heterocycles. The Morgan fingerprint density at radius 1 is 0.175 bits per heavy atom. The van der Waals surface area contributed by atoms with Crippen LogP contribution in [0.15, 0.2) is 303 Å². The van der Waals surface area contributed by atoms with E-state index in [4.69, 9.17) is 0 Å². The molecule has 3 aliphatic carbocycles. The summed E-state index contributed by atoms with van der Waals surface area (Å²) in [6.07, 6.45) is 0. The van der Waals surface area contributed by atoms with Crippen LogP contribution in [0.4, 0.5) is 0 Å². The predicted molar refractivity (Wildman–Crippen MR) is 415 cm³/mol. The zero-order valence-corrected chi connectivity index (χ0v) is 56.4. The van der Waals surface area contributed by atoms with E-state index in [-0.39, 0.29) is 16.2 Å². The van der Waals surface area contributed by atoms with Crippen LogP contribution in [-0.4, -0.2) is 0 Å². The number of hydrogen-bond donors (Lipinski definition) is 0. The van der Waals surface area contributed by atoms with E-state index in [1.165, 1.54) is 199 Å². The molecular formula is C97H74. The summed E-state index contributed by atoms with van der Waals surface area (Å²) in [5, 5.41) is 12.9. The lowest BCUT2D eigenvalue weighted by molar-refractivity contribution is 0.660. The van der Waals surface area contributed by atoms with E-state index in [2.05, 4.69) is 359 Å². The van der Waals surface area contributed by atoms with Crippen molar-refractivity contribution >= 4 is 53.9 Å². The molecule has 0 nitrogen and oxygen atoms in total. The molecule has 0 saturated heterocycles. The molecule has 97 heavy (non-hydrogen) atoms. The minimum Gasteiger partial charge on any atom is -0.0619 e. The average molecular weight is 1240 g/mol. The lowest BCUT2D eigenvalue weighted by atomic mass is 9.80. The summed E-state index contributed by atoms with van der Waals surface area (Å²) < 4.78 is 0. The van der Waals surface area contributed by atoms with Crippen LogP contribution in [0.3, 0.4) is 0 Å². The summed E-state index contributed by atoms with van der Waals surface area (Å²) in [5.41, 5.74) is 34.4. The van der Waals surface area contributed by atoms with Crippen molar-refractivity contribution in [1.82, 2.24) is 0 Å². The summed E-state index contributed by atoms with van der Waals surface area (Å²) in [5.74, 6) is 0. The highest BCUT2D eigenvalue weighted by Gasteiger charge is 2.38. The highest BCUT2D eigenvalue weighted by Crippen LogP contribution is 2.55. The zero-order chi connectivity index (χ0) is 65.6. The standard InChI is InChI=1S/C51H40.C46H34/c1-31-18-25-42-43(28-31)49(35-24-27-39-37-13-9-11-17-45(37)51(4,5)47(39)30-35)41-15-7-6-14-40(41)48(42)33-21-19-32(20-22-33)34-23-26-38-36-12-8-10-16-44(36)50(2,3)46(38)29-34;1-29-19-25-40-41(27-29)45(33-24-26-37-36-14-8-9-18-42(36)46(2,3)43(37)28-33)39-16-7-6-15-38(39)44(40)32-22-20-31(21-23-32)35-17-10-12-30-11-4-5-13-34(30)35/h6-30H,1-5H3;4-28H,1-3H3. The van der Waals surface area contributed by atoms with Crippen molar-refractivity contribution in [2.75, 3.05) is 0 Å². The molecule has 16 aromatic rings. The Balaban J connectivity index is 0.000000142. The van der Waals surface area contributed by atoms with Gasteiger partial charge in [0.25, 0.3) is 0 Å². The van der Waals surface area contributed by atoms with Crippen molar-refractivity contribution < 1.29 is 0 Å². The first-order valence-electron chi connectivity index (χ1n) is 34.5. The number of fused-ring (bicyclic) bond motifs is 14. The fourth-order valence-corrected chi connectivity index (χ4v) is 17.6. The van der Waals surface area contributed by atoms with Gasteiger partial charge in [-0.1, -0.05) is 338 Å². The van der Waals surface area contributed by atoms with Crippen LogP contribution in [0.25, 0.3) is 154 Å². The summed E-state index contributed by atoms with van der Waals surface area (Å²) in [6, 6.07) is 114. The Morgan fingerprint density at radius 2 is 0.464 bits per heavy atom. The predicted octanol–water partition coefficient (Wildman–Crippen LogP) is 26.7. The second kappa shape index (κ2) is 21.9. The topological polar surface area (TPSA) is 0 Å². The van der Waals surface area contributed by atoms with Gasteiger partial charge in [0.1, 0.15) is 0 Å². The van der Waals surface area contributed by atoms with Crippen LogP contribution in [0.1, 0.15) is 86.1 Å². The average Bonchev–Trinajstić information content (AvgIpc) is 1.71. The third-order valence-electron chi connectivity index (χ3n) is 22.5. The summed E-state index contributed by atoms with van der Waals surface area (Å²) in [4.78, 5) is 0. The van der Waals surface area contributed by atoms with Crippen LogP contribution in [0.5, 0.6) is 0 Å². The number of hydrogen-bond acceptors (Lipinski definition) is 0. The molecule has 0 heteroatoms. The Labute approximate surface area is 569 Å². The molecule has 0 aliphatic heterocycles. The van der Waals surface area contributed by atoms with E-state index < -0.39 is 0 Å². The lowest BCUT2D eigenvalue weighted by Gasteiger charge is -2.23. The Kier molecular flexibility index (Phi) is 13.2. The van der Waals surface area contributed by atoms with Gasteiger partial charge >= 0.3 is 0 Å². The fraction of sp³-hybridized carbons (Fsp3) is 0.113. The van der Waals surface area contributed by atoms with Gasteiger partial charge in [0.15, 0.2) is 0 Å². The van der Waals surface area contributed by atoms with Crippen LogP contribution in [0, 0.1) is 13.8 Å². The monoisotopic (exact) mass is 1240 g/mol. The largest absolute Gasteiger partial charge is 0.0619 e. The molecule has 0 spiro atoms. The van der Waals surface area contributed by atoms with Crippen LogP contribution >= 0.6 is 0 Å². The SMILES string of the molecule is Cc1ccc2c(-c3ccc(-c4ccc5c(c4)C(C)(C)c4ccccc4-5)cc3)c3ccccc3c(-c3ccc4c(c3)C(C)(C)c3ccccc3-4)c2c1.Cc1ccc2c(-c3ccc(-c4cccc5ccccc45)cc3)c3ccccc3c(-c3ccc4c(c3)C(C)(C)c3ccccc3-4)c2c1. The second-order valence-corrected chi connectivity index (χ2v) is 29.2. The van der Waals surface area contributed by atoms with Crippen molar-refractivity contribution in [3.63, 3.8) is 0 Å². The van der Waals surface area contributed by atoms with E-state index in [0.717, 1.165) is 0 Å². The van der Waals surface area contributed by atoms with E-state index in [1.807, 2.05) is 0 Å². The highest BCUT2D eigenvalue weighted by atomic mass is 14.4. The molecule has 3 aliphatic rings. The Morgan fingerprint density at radius 3 is 0.897 bits per heavy atom. The maximum absolute atomic E-state index is 2.48. The van der Waals surface area contributed by atoms with Gasteiger partial charge < -0.3 is 0 Å². The smallest absolute Gasteiger partial charge is 0.0159 e. The van der Waals surface area contributed by atoms with Gasteiger partial charge in [-0.25, -0.2) is 0 Å². The van der Waals surface area contributed by atoms with Crippen molar-refractivity contribution in [2.24, 2.45) is 0 Å². The zero-order valence-electron chi connectivity index (χ0n) is 56.4. The normalized spacial score (nSPS) is 14.0. The molecule has 0 amide bonds. The number of benzene rings is 16. The molecule has 0 bridgehead atoms. The highest BCUT2D eigenvalue weighted by molar-refractivity contribution is 6.23. The first-order valence-corrected chi connectivity index (χ1v) is 34.5. The third-order valence-corrected chi connectivity index (χ3v) is 22.5. The minimum atomic E-state index is -0.0519. The molecule has 0 fully saturated rings. The summed E-state index contributed by atoms with van der Waals surface area (Å²) >= 11 is 0. The van der Waals surface area contributed by atoms with E-state index in [0.29, 0.717) is 0 Å². The molecule has 0 aromatic heterocycles. The van der Waals surface area contributed by atoms with E-state index in [9.17, 15) is 0 Å². The minimum absolute atomic E-state index is 0.0157. The molecule has 0 radical (unpaired) electrons. The van der Waals surface area contributed by atoms with Gasteiger partial charge in [-0.3, -0.25) is 0 Å². The maximum Gasteiger partial charge on any atom is 0.0159 e. The van der Waals surface area contributed by atoms with Gasteiger partial charge in [-0.05, 0) is 219 Å². The molecule has 19 rings (SSSR count). The molecule has 0 unspecified atom stereocenters. The molecular weight excluding hydrogens is 1170 g/mol. The van der Waals surface area contributed by atoms with Gasteiger partial charge in [0.2, 0.25) is 0 Å². The quantitative estimate of drug-likeness (QED) is 0.146. The van der Waals surface area contributed by atoms with Gasteiger partial charge in [-0.15, -0.1) is 0 Å². The van der Waals surface area contributed by atoms with Gasteiger partial charge in [0, 0.05) is 16.2 Å². The fourth-order valence-electron chi connectivity index (χ4n) is 17.6. The molecule has 0 N–H and O–H groups in total. The third kappa shape index (κ3) is 9.03. The molecule has 0 saturated carbocycles. The molecule has 0 atom stereocenters. The first-order chi connectivity index (χ1) is 47.2. The van der Waals surface area contributed by atoms with Crippen molar-refractivity contribution in [1.29, 1.82) is 0 Å². The number of rotatable bonds is 6. The van der Waals surface area contributed by atoms with E-state index >= 15 is 0 Å². The number of aryl methyl sites for hydroxylation is 2. The van der Waals surface area contributed by atoms with Gasteiger partial charge in [-0.2, -0.15) is 0 Å². The van der Waals surface area contributed by atoms with Crippen molar-refractivity contribution in [3.8, 4) is 100 Å². The van der Waals surface area contributed by atoms with Crippen LogP contribution in [0.2, 0.25) is 0 Å². The van der Waals surface area contributed by atoms with Crippen LogP contribution in [-0.2, 0) is 16.2 Å². The second-order valence-electron chi connectivity index (χ2n) is 29.2. The van der Waals surface area contributed by atoms with Crippen molar-refractivity contribution in [2.45, 2.75) is 71.6 Å². The molecule has 16 aromatic carbocycles. The summed E-state index contributed by atoms with van der Waals surface area (Å²) in [7, 11) is 0. The lowest BCUT2D eigenvalue weighted by Crippen LogP contribution is -2.14. The Hall–Kier alpha value is -11.2. The van der Waals surface area contributed by atoms with Crippen LogP contribution < -0.4 is 0 Å². The van der Waals surface area contributed by atoms with Gasteiger partial charge in [0.05, 0.1) is 0 Å². The molecule has 462 valence electrons. The summed E-state index contributed by atoms with van der Waals surface area (Å²) in [6.45, 7) is 18.6. The van der Waals surface area contributed by atoms with Crippen molar-refractivity contribution in [3.05, 3.63) is 348 Å². The maximum atomic E-state index is 2.48. The van der Waals surface area contributed by atoms with E-state index in [1.54, 1.807) is 0 Å². The Bertz CT molecular complexity index is 5960. The first kappa shape index (κ1) is 58.4.